The molecule has 0 saturated carbocycles. The number of carbonyl (C=O) groups excluding carboxylic acids is 1. The second-order valence-electron chi connectivity index (χ2n) is 5.82. The topological polar surface area (TPSA) is 95.6 Å². The van der Waals surface area contributed by atoms with Gasteiger partial charge in [-0.3, -0.25) is 5.32 Å². The van der Waals surface area contributed by atoms with Crippen LogP contribution in [0.15, 0.2) is 74.8 Å². The van der Waals surface area contributed by atoms with Gasteiger partial charge in [-0.1, -0.05) is 57.2 Å². The largest absolute Gasteiger partial charge is 0.341 e. The third-order valence-electron chi connectivity index (χ3n) is 3.73. The summed E-state index contributed by atoms with van der Waals surface area (Å²) in [7, 11) is 0. The maximum Gasteiger partial charge on any atom is 0.321 e. The van der Waals surface area contributed by atoms with Gasteiger partial charge in [-0.25, -0.2) is 19.7 Å². The summed E-state index contributed by atoms with van der Waals surface area (Å²) in [5.41, 5.74) is 1.91. The summed E-state index contributed by atoms with van der Waals surface area (Å²) in [6, 6.07) is 13.3. The Labute approximate surface area is 183 Å². The molecule has 0 radical (unpaired) electrons. The van der Waals surface area contributed by atoms with Crippen molar-refractivity contribution in [2.45, 2.75) is 15.8 Å². The minimum absolute atomic E-state index is 0.279. The fraction of sp³-hybridized carbons (Fsp3) is 0.0526. The van der Waals surface area contributed by atoms with Crippen LogP contribution in [0, 0.1) is 0 Å². The zero-order chi connectivity index (χ0) is 20.1. The maximum atomic E-state index is 12.2. The number of carbonyl (C=O) groups is 1. The predicted octanol–water partition coefficient (Wildman–Crippen LogP) is 5.16. The highest BCUT2D eigenvalue weighted by atomic mass is 79.9. The van der Waals surface area contributed by atoms with Crippen LogP contribution in [0.2, 0.25) is 0 Å². The Kier molecular flexibility index (Phi) is 6.23. The van der Waals surface area contributed by atoms with Crippen molar-refractivity contribution in [1.82, 2.24) is 25.3 Å². The number of hydrogen-bond acceptors (Lipinski definition) is 6. The van der Waals surface area contributed by atoms with E-state index in [4.69, 9.17) is 0 Å². The molecule has 3 aromatic heterocycles. The van der Waals surface area contributed by atoms with E-state index in [1.807, 2.05) is 42.5 Å². The number of benzene rings is 1. The molecule has 0 fully saturated rings. The van der Waals surface area contributed by atoms with Gasteiger partial charge >= 0.3 is 6.03 Å². The Morgan fingerprint density at radius 2 is 2.07 bits per heavy atom. The molecule has 2 amide bonds. The van der Waals surface area contributed by atoms with Gasteiger partial charge in [0.25, 0.3) is 0 Å². The van der Waals surface area contributed by atoms with Crippen LogP contribution in [0.5, 0.6) is 0 Å². The number of urea groups is 1. The van der Waals surface area contributed by atoms with Crippen molar-refractivity contribution in [2.75, 3.05) is 5.32 Å². The number of thiazole rings is 1. The Morgan fingerprint density at radius 3 is 2.90 bits per heavy atom. The molecule has 4 aromatic rings. The highest BCUT2D eigenvalue weighted by Crippen LogP contribution is 2.32. The van der Waals surface area contributed by atoms with E-state index in [1.165, 1.54) is 23.1 Å². The molecule has 146 valence electrons. The third kappa shape index (κ3) is 5.43. The van der Waals surface area contributed by atoms with E-state index in [1.54, 1.807) is 18.6 Å². The van der Waals surface area contributed by atoms with Crippen LogP contribution in [0.4, 0.5) is 9.93 Å². The number of aromatic nitrogens is 4. The average Bonchev–Trinajstić information content (AvgIpc) is 3.37. The van der Waals surface area contributed by atoms with Crippen molar-refractivity contribution < 1.29 is 4.79 Å². The van der Waals surface area contributed by atoms with Crippen molar-refractivity contribution in [1.29, 1.82) is 0 Å². The van der Waals surface area contributed by atoms with Gasteiger partial charge in [0.05, 0.1) is 28.8 Å². The number of halogens is 1. The second-order valence-corrected chi connectivity index (χ2v) is 9.08. The van der Waals surface area contributed by atoms with E-state index in [9.17, 15) is 4.79 Å². The standard InChI is InChI=1S/C19H15BrN6OS2/c20-13-5-3-4-12(8-13)14-9-22-15(25-14)10-23-18(27)26-19-24-11-17(29-19)28-16-6-1-2-7-21-16/h1-9,11H,10H2,(H,22,25)(H2,23,24,26,27). The summed E-state index contributed by atoms with van der Waals surface area (Å²) >= 11 is 6.35. The van der Waals surface area contributed by atoms with Crippen LogP contribution < -0.4 is 10.6 Å². The lowest BCUT2D eigenvalue weighted by Gasteiger charge is -2.03. The zero-order valence-corrected chi connectivity index (χ0v) is 18.1. The first-order valence-corrected chi connectivity index (χ1v) is 11.0. The van der Waals surface area contributed by atoms with Crippen molar-refractivity contribution in [3.8, 4) is 11.3 Å². The van der Waals surface area contributed by atoms with Crippen LogP contribution >= 0.6 is 39.0 Å². The van der Waals surface area contributed by atoms with Gasteiger partial charge in [-0.2, -0.15) is 0 Å². The van der Waals surface area contributed by atoms with E-state index >= 15 is 0 Å². The molecule has 0 spiro atoms. The van der Waals surface area contributed by atoms with Crippen molar-refractivity contribution >= 4 is 50.2 Å². The van der Waals surface area contributed by atoms with Crippen LogP contribution in [0.1, 0.15) is 5.82 Å². The molecule has 0 bridgehead atoms. The lowest BCUT2D eigenvalue weighted by atomic mass is 10.2. The third-order valence-corrected chi connectivity index (χ3v) is 6.19. The van der Waals surface area contributed by atoms with Crippen molar-refractivity contribution in [3.05, 3.63) is 71.4 Å². The molecule has 7 nitrogen and oxygen atoms in total. The maximum absolute atomic E-state index is 12.2. The molecule has 0 unspecified atom stereocenters. The number of nitrogens with zero attached hydrogens (tertiary/aromatic N) is 3. The van der Waals surface area contributed by atoms with E-state index in [2.05, 4.69) is 46.5 Å². The smallest absolute Gasteiger partial charge is 0.321 e. The number of imidazole rings is 1. The SMILES string of the molecule is O=C(NCc1ncc(-c2cccc(Br)c2)[nH]1)Nc1ncc(Sc2ccccn2)s1. The monoisotopic (exact) mass is 486 g/mol. The van der Waals surface area contributed by atoms with Crippen LogP contribution in [-0.4, -0.2) is 26.0 Å². The molecule has 3 heterocycles. The molecule has 1 aromatic carbocycles. The summed E-state index contributed by atoms with van der Waals surface area (Å²) in [6.07, 6.45) is 5.21. The van der Waals surface area contributed by atoms with E-state index in [-0.39, 0.29) is 12.6 Å². The van der Waals surface area contributed by atoms with Gasteiger partial charge in [-0.15, -0.1) is 0 Å². The number of amides is 2. The van der Waals surface area contributed by atoms with Gasteiger partial charge in [0, 0.05) is 16.2 Å². The Morgan fingerprint density at radius 1 is 1.14 bits per heavy atom. The predicted molar refractivity (Wildman–Crippen MR) is 118 cm³/mol. The first-order valence-electron chi connectivity index (χ1n) is 8.55. The molecule has 3 N–H and O–H groups in total. The lowest BCUT2D eigenvalue weighted by molar-refractivity contribution is 0.251. The van der Waals surface area contributed by atoms with Crippen molar-refractivity contribution in [3.63, 3.8) is 0 Å². The molecule has 0 aliphatic carbocycles. The van der Waals surface area contributed by atoms with Crippen LogP contribution in [0.25, 0.3) is 11.3 Å². The molecular weight excluding hydrogens is 472 g/mol. The summed E-state index contributed by atoms with van der Waals surface area (Å²) in [6.45, 7) is 0.279. The summed E-state index contributed by atoms with van der Waals surface area (Å²) in [5.74, 6) is 0.667. The number of anilines is 1. The minimum Gasteiger partial charge on any atom is -0.341 e. The molecule has 0 saturated heterocycles. The fourth-order valence-electron chi connectivity index (χ4n) is 2.44. The first-order chi connectivity index (χ1) is 14.2. The van der Waals surface area contributed by atoms with Crippen LogP contribution in [0.3, 0.4) is 0 Å². The van der Waals surface area contributed by atoms with Gasteiger partial charge in [0.2, 0.25) is 0 Å². The molecule has 29 heavy (non-hydrogen) atoms. The fourth-order valence-corrected chi connectivity index (χ4v) is 4.61. The van der Waals surface area contributed by atoms with E-state index in [0.29, 0.717) is 11.0 Å². The minimum atomic E-state index is -0.339. The summed E-state index contributed by atoms with van der Waals surface area (Å²) in [5, 5.41) is 6.92. The lowest BCUT2D eigenvalue weighted by Crippen LogP contribution is -2.28. The number of rotatable bonds is 6. The molecule has 0 atom stereocenters. The van der Waals surface area contributed by atoms with Gasteiger partial charge in [-0.05, 0) is 24.3 Å². The normalized spacial score (nSPS) is 10.7. The zero-order valence-electron chi connectivity index (χ0n) is 14.9. The average molecular weight is 487 g/mol. The van der Waals surface area contributed by atoms with Gasteiger partial charge in [0.15, 0.2) is 5.13 Å². The second kappa shape index (κ2) is 9.21. The Hall–Kier alpha value is -2.69. The number of H-pyrrole nitrogens is 1. The number of hydrogen-bond donors (Lipinski definition) is 3. The number of nitrogens with one attached hydrogen (secondary N) is 3. The highest BCUT2D eigenvalue weighted by Gasteiger charge is 2.09. The van der Waals surface area contributed by atoms with Gasteiger partial charge < -0.3 is 10.3 Å². The molecule has 4 rings (SSSR count). The quantitative estimate of drug-likeness (QED) is 0.349. The number of pyridine rings is 1. The van der Waals surface area contributed by atoms with Crippen molar-refractivity contribution in [2.24, 2.45) is 0 Å². The molecule has 0 aliphatic heterocycles. The Bertz CT molecular complexity index is 1110. The van der Waals surface area contributed by atoms with E-state index in [0.717, 1.165) is 25.0 Å². The summed E-state index contributed by atoms with van der Waals surface area (Å²) in [4.78, 5) is 28.2. The van der Waals surface area contributed by atoms with Crippen LogP contribution in [-0.2, 0) is 6.54 Å². The molecular formula is C19H15BrN6OS2. The summed E-state index contributed by atoms with van der Waals surface area (Å²) < 4.78 is 1.94. The van der Waals surface area contributed by atoms with E-state index < -0.39 is 0 Å². The Balaban J connectivity index is 1.29. The highest BCUT2D eigenvalue weighted by molar-refractivity contribution is 9.10. The van der Waals surface area contributed by atoms with Gasteiger partial charge in [0.1, 0.15) is 10.9 Å². The molecule has 10 heteroatoms. The first kappa shape index (κ1) is 19.6. The number of aromatic amines is 1. The molecule has 0 aliphatic rings.